The van der Waals surface area contributed by atoms with Crippen molar-refractivity contribution >= 4 is 17.5 Å². The molecule has 0 spiro atoms. The second kappa shape index (κ2) is 6.71. The van der Waals surface area contributed by atoms with E-state index in [9.17, 15) is 4.79 Å². The van der Waals surface area contributed by atoms with Crippen molar-refractivity contribution in [3.8, 4) is 0 Å². The lowest BCUT2D eigenvalue weighted by Gasteiger charge is -2.35. The van der Waals surface area contributed by atoms with Crippen LogP contribution in [0.25, 0.3) is 0 Å². The van der Waals surface area contributed by atoms with Crippen molar-refractivity contribution in [3.05, 3.63) is 11.9 Å². The Morgan fingerprint density at radius 2 is 2.33 bits per heavy atom. The highest BCUT2D eigenvalue weighted by atomic mass is 16.5. The van der Waals surface area contributed by atoms with Gasteiger partial charge in [-0.3, -0.25) is 4.79 Å². The minimum absolute atomic E-state index is 0.0551. The minimum atomic E-state index is -0.381. The molecule has 1 aromatic rings. The van der Waals surface area contributed by atoms with Crippen LogP contribution in [0.2, 0.25) is 0 Å². The molecule has 0 radical (unpaired) electrons. The van der Waals surface area contributed by atoms with Crippen molar-refractivity contribution in [2.75, 3.05) is 36.9 Å². The maximum Gasteiger partial charge on any atom is 0.245 e. The third-order valence-electron chi connectivity index (χ3n) is 3.34. The van der Waals surface area contributed by atoms with Crippen LogP contribution >= 0.6 is 0 Å². The molecule has 0 aliphatic carbocycles. The SMILES string of the molecule is CCNC(=O)C1COCCN1c1cc(N)nc(C(C)C)n1. The van der Waals surface area contributed by atoms with Crippen molar-refractivity contribution in [1.82, 2.24) is 15.3 Å². The van der Waals surface area contributed by atoms with Crippen molar-refractivity contribution in [1.29, 1.82) is 0 Å². The molecule has 1 unspecified atom stereocenters. The number of aromatic nitrogens is 2. The van der Waals surface area contributed by atoms with Gasteiger partial charge in [-0.1, -0.05) is 13.8 Å². The van der Waals surface area contributed by atoms with Crippen LogP contribution in [0.5, 0.6) is 0 Å². The molecule has 2 rings (SSSR count). The number of rotatable bonds is 4. The number of nitrogen functional groups attached to an aromatic ring is 1. The quantitative estimate of drug-likeness (QED) is 0.841. The Balaban J connectivity index is 2.30. The first-order valence-corrected chi connectivity index (χ1v) is 7.29. The summed E-state index contributed by atoms with van der Waals surface area (Å²) in [4.78, 5) is 22.9. The maximum absolute atomic E-state index is 12.2. The average molecular weight is 293 g/mol. The van der Waals surface area contributed by atoms with Crippen LogP contribution in [0.4, 0.5) is 11.6 Å². The molecule has 3 N–H and O–H groups in total. The summed E-state index contributed by atoms with van der Waals surface area (Å²) in [7, 11) is 0. The molecule has 1 fully saturated rings. The zero-order chi connectivity index (χ0) is 15.4. The number of nitrogens with two attached hydrogens (primary N) is 1. The normalized spacial score (nSPS) is 18.9. The van der Waals surface area contributed by atoms with Gasteiger partial charge in [-0.05, 0) is 6.92 Å². The topological polar surface area (TPSA) is 93.4 Å². The van der Waals surface area contributed by atoms with Gasteiger partial charge in [0.1, 0.15) is 23.5 Å². The lowest BCUT2D eigenvalue weighted by atomic mass is 10.2. The maximum atomic E-state index is 12.2. The first-order chi connectivity index (χ1) is 10.0. The van der Waals surface area contributed by atoms with Crippen LogP contribution in [0.3, 0.4) is 0 Å². The Bertz CT molecular complexity index is 506. The largest absolute Gasteiger partial charge is 0.384 e. The van der Waals surface area contributed by atoms with Gasteiger partial charge in [0.15, 0.2) is 0 Å². The van der Waals surface area contributed by atoms with E-state index in [1.165, 1.54) is 0 Å². The van der Waals surface area contributed by atoms with Gasteiger partial charge in [-0.15, -0.1) is 0 Å². The second-order valence-electron chi connectivity index (χ2n) is 5.34. The van der Waals surface area contributed by atoms with Gasteiger partial charge >= 0.3 is 0 Å². The third-order valence-corrected chi connectivity index (χ3v) is 3.34. The lowest BCUT2D eigenvalue weighted by molar-refractivity contribution is -0.124. The van der Waals surface area contributed by atoms with Crippen molar-refractivity contribution in [2.24, 2.45) is 0 Å². The molecule has 1 aliphatic rings. The molecule has 1 aromatic heterocycles. The number of amides is 1. The van der Waals surface area contributed by atoms with E-state index in [1.807, 2.05) is 25.7 Å². The first-order valence-electron chi connectivity index (χ1n) is 7.29. The van der Waals surface area contributed by atoms with Gasteiger partial charge in [0.05, 0.1) is 13.2 Å². The van der Waals surface area contributed by atoms with Crippen molar-refractivity contribution < 1.29 is 9.53 Å². The summed E-state index contributed by atoms with van der Waals surface area (Å²) in [5.74, 6) is 1.92. The van der Waals surface area contributed by atoms with Crippen LogP contribution in [-0.2, 0) is 9.53 Å². The molecule has 1 aliphatic heterocycles. The summed E-state index contributed by atoms with van der Waals surface area (Å²) in [5, 5.41) is 2.83. The molecule has 0 aromatic carbocycles. The molecule has 21 heavy (non-hydrogen) atoms. The molecule has 7 heteroatoms. The van der Waals surface area contributed by atoms with Crippen LogP contribution in [0, 0.1) is 0 Å². The number of carbonyl (C=O) groups is 1. The third kappa shape index (κ3) is 3.60. The van der Waals surface area contributed by atoms with Crippen LogP contribution < -0.4 is 16.0 Å². The van der Waals surface area contributed by atoms with Crippen LogP contribution in [0.15, 0.2) is 6.07 Å². The highest BCUT2D eigenvalue weighted by Gasteiger charge is 2.30. The van der Waals surface area contributed by atoms with E-state index < -0.39 is 0 Å². The van der Waals surface area contributed by atoms with Gasteiger partial charge in [0.25, 0.3) is 0 Å². The summed E-state index contributed by atoms with van der Waals surface area (Å²) in [6.07, 6.45) is 0. The van der Waals surface area contributed by atoms with Crippen molar-refractivity contribution in [3.63, 3.8) is 0 Å². The Labute approximate surface area is 124 Å². The predicted octanol–water partition coefficient (Wildman–Crippen LogP) is 0.524. The van der Waals surface area contributed by atoms with Crippen LogP contribution in [0.1, 0.15) is 32.5 Å². The number of nitrogens with one attached hydrogen (secondary N) is 1. The van der Waals surface area contributed by atoms with Gasteiger partial charge < -0.3 is 20.7 Å². The summed E-state index contributed by atoms with van der Waals surface area (Å²) < 4.78 is 5.43. The number of ether oxygens (including phenoxy) is 1. The summed E-state index contributed by atoms with van der Waals surface area (Å²) in [5.41, 5.74) is 5.87. The fourth-order valence-corrected chi connectivity index (χ4v) is 2.26. The zero-order valence-electron chi connectivity index (χ0n) is 12.8. The molecule has 2 heterocycles. The Kier molecular flexibility index (Phi) is 4.95. The van der Waals surface area contributed by atoms with Gasteiger partial charge in [-0.2, -0.15) is 0 Å². The van der Waals surface area contributed by atoms with E-state index in [2.05, 4.69) is 15.3 Å². The molecule has 0 saturated carbocycles. The standard InChI is InChI=1S/C14H23N5O2/c1-4-16-14(20)10-8-21-6-5-19(10)12-7-11(15)17-13(18-12)9(2)3/h7,9-10H,4-6,8H2,1-3H3,(H,16,20)(H2,15,17,18). The number of hydrogen-bond acceptors (Lipinski definition) is 6. The molecule has 0 bridgehead atoms. The molecule has 7 nitrogen and oxygen atoms in total. The molecule has 116 valence electrons. The second-order valence-corrected chi connectivity index (χ2v) is 5.34. The average Bonchev–Trinajstić information content (AvgIpc) is 2.46. The van der Waals surface area contributed by atoms with E-state index in [0.717, 1.165) is 0 Å². The van der Waals surface area contributed by atoms with Gasteiger partial charge in [0.2, 0.25) is 5.91 Å². The van der Waals surface area contributed by atoms with Crippen molar-refractivity contribution in [2.45, 2.75) is 32.7 Å². The predicted molar refractivity (Wildman–Crippen MR) is 81.2 cm³/mol. The molecule has 1 amide bonds. The molecular formula is C14H23N5O2. The van der Waals surface area contributed by atoms with E-state index in [0.29, 0.717) is 43.8 Å². The van der Waals surface area contributed by atoms with E-state index in [-0.39, 0.29) is 17.9 Å². The first kappa shape index (κ1) is 15.5. The summed E-state index contributed by atoms with van der Waals surface area (Å²) in [6, 6.07) is 1.33. The van der Waals surface area contributed by atoms with Crippen LogP contribution in [-0.4, -0.2) is 48.2 Å². The smallest absolute Gasteiger partial charge is 0.245 e. The van der Waals surface area contributed by atoms with E-state index in [4.69, 9.17) is 10.5 Å². The number of morpholine rings is 1. The highest BCUT2D eigenvalue weighted by molar-refractivity contribution is 5.85. The lowest BCUT2D eigenvalue weighted by Crippen LogP contribution is -2.54. The van der Waals surface area contributed by atoms with Gasteiger partial charge in [0, 0.05) is 25.1 Å². The fraction of sp³-hybridized carbons (Fsp3) is 0.643. The monoisotopic (exact) mass is 293 g/mol. The highest BCUT2D eigenvalue weighted by Crippen LogP contribution is 2.22. The molecular weight excluding hydrogens is 270 g/mol. The molecule has 1 atom stereocenters. The Morgan fingerprint density at radius 1 is 1.57 bits per heavy atom. The van der Waals surface area contributed by atoms with E-state index >= 15 is 0 Å². The zero-order valence-corrected chi connectivity index (χ0v) is 12.8. The molecule has 1 saturated heterocycles. The number of hydrogen-bond donors (Lipinski definition) is 2. The number of carbonyl (C=O) groups excluding carboxylic acids is 1. The Morgan fingerprint density at radius 3 is 3.00 bits per heavy atom. The van der Waals surface area contributed by atoms with Gasteiger partial charge in [-0.25, -0.2) is 9.97 Å². The number of anilines is 2. The van der Waals surface area contributed by atoms with E-state index in [1.54, 1.807) is 6.07 Å². The summed E-state index contributed by atoms with van der Waals surface area (Å²) in [6.45, 7) is 8.04. The Hall–Kier alpha value is -1.89. The summed E-state index contributed by atoms with van der Waals surface area (Å²) >= 11 is 0. The fourth-order valence-electron chi connectivity index (χ4n) is 2.26. The number of nitrogens with zero attached hydrogens (tertiary/aromatic N) is 3. The number of likely N-dealkylation sites (N-methyl/N-ethyl adjacent to an activating group) is 1. The minimum Gasteiger partial charge on any atom is -0.384 e.